The van der Waals surface area contributed by atoms with E-state index in [1.54, 1.807) is 6.07 Å². The highest BCUT2D eigenvalue weighted by Gasteiger charge is 2.19. The van der Waals surface area contributed by atoms with Crippen molar-refractivity contribution in [1.29, 1.82) is 0 Å². The SMILES string of the molecule is Cc1ccc2c(c1)nc(CCl)n2-c1c(F)cc(Br)cc1F. The van der Waals surface area contributed by atoms with Crippen molar-refractivity contribution in [2.45, 2.75) is 12.8 Å². The lowest BCUT2D eigenvalue weighted by molar-refractivity contribution is 0.567. The maximum atomic E-state index is 14.2. The zero-order valence-corrected chi connectivity index (χ0v) is 13.3. The van der Waals surface area contributed by atoms with Gasteiger partial charge in [-0.1, -0.05) is 22.0 Å². The van der Waals surface area contributed by atoms with Crippen LogP contribution in [0.2, 0.25) is 0 Å². The number of aryl methyl sites for hydroxylation is 1. The quantitative estimate of drug-likeness (QED) is 0.572. The van der Waals surface area contributed by atoms with E-state index in [1.807, 2.05) is 19.1 Å². The molecule has 6 heteroatoms. The Morgan fingerprint density at radius 1 is 1.19 bits per heavy atom. The summed E-state index contributed by atoms with van der Waals surface area (Å²) in [6, 6.07) is 7.95. The molecule has 0 radical (unpaired) electrons. The molecule has 0 unspecified atom stereocenters. The highest BCUT2D eigenvalue weighted by Crippen LogP contribution is 2.29. The van der Waals surface area contributed by atoms with Crippen LogP contribution in [0.3, 0.4) is 0 Å². The first kappa shape index (κ1) is 14.5. The van der Waals surface area contributed by atoms with Crippen molar-refractivity contribution in [3.8, 4) is 5.69 Å². The van der Waals surface area contributed by atoms with Crippen molar-refractivity contribution >= 4 is 38.6 Å². The molecule has 0 fully saturated rings. The molecule has 108 valence electrons. The van der Waals surface area contributed by atoms with Crippen molar-refractivity contribution in [3.05, 3.63) is 57.8 Å². The molecule has 1 aromatic heterocycles. The number of fused-ring (bicyclic) bond motifs is 1. The summed E-state index contributed by atoms with van der Waals surface area (Å²) in [5.74, 6) is -0.888. The van der Waals surface area contributed by atoms with Gasteiger partial charge in [-0.15, -0.1) is 11.6 Å². The summed E-state index contributed by atoms with van der Waals surface area (Å²) in [7, 11) is 0. The van der Waals surface area contributed by atoms with E-state index < -0.39 is 11.6 Å². The van der Waals surface area contributed by atoms with Crippen molar-refractivity contribution in [2.75, 3.05) is 0 Å². The number of benzene rings is 2. The molecule has 2 nitrogen and oxygen atoms in total. The second-order valence-corrected chi connectivity index (χ2v) is 5.89. The van der Waals surface area contributed by atoms with E-state index in [-0.39, 0.29) is 11.6 Å². The van der Waals surface area contributed by atoms with Gasteiger partial charge in [0.1, 0.15) is 11.5 Å². The fraction of sp³-hybridized carbons (Fsp3) is 0.133. The summed E-state index contributed by atoms with van der Waals surface area (Å²) < 4.78 is 30.2. The van der Waals surface area contributed by atoms with E-state index >= 15 is 0 Å². The summed E-state index contributed by atoms with van der Waals surface area (Å²) in [5.41, 5.74) is 2.13. The minimum Gasteiger partial charge on any atom is -0.290 e. The average Bonchev–Trinajstić information content (AvgIpc) is 2.75. The van der Waals surface area contributed by atoms with Crippen LogP contribution in [0, 0.1) is 18.6 Å². The minimum atomic E-state index is -0.673. The first-order valence-corrected chi connectivity index (χ1v) is 7.53. The molecule has 0 atom stereocenters. The first-order valence-electron chi connectivity index (χ1n) is 6.20. The third-order valence-electron chi connectivity index (χ3n) is 3.20. The number of imidazole rings is 1. The van der Waals surface area contributed by atoms with Gasteiger partial charge in [-0.25, -0.2) is 13.8 Å². The van der Waals surface area contributed by atoms with Crippen molar-refractivity contribution in [2.24, 2.45) is 0 Å². The molecule has 2 aromatic carbocycles. The summed E-state index contributed by atoms with van der Waals surface area (Å²) in [6.45, 7) is 1.93. The largest absolute Gasteiger partial charge is 0.290 e. The molecule has 3 aromatic rings. The van der Waals surface area contributed by atoms with Gasteiger partial charge in [0.15, 0.2) is 11.6 Å². The molecule has 0 saturated heterocycles. The monoisotopic (exact) mass is 370 g/mol. The second kappa shape index (κ2) is 5.39. The van der Waals surface area contributed by atoms with E-state index in [0.29, 0.717) is 21.3 Å². The van der Waals surface area contributed by atoms with Gasteiger partial charge < -0.3 is 0 Å². The van der Waals surface area contributed by atoms with Gasteiger partial charge in [-0.05, 0) is 36.8 Å². The molecule has 0 aliphatic rings. The van der Waals surface area contributed by atoms with E-state index in [2.05, 4.69) is 20.9 Å². The Bertz CT molecular complexity index is 822. The Morgan fingerprint density at radius 3 is 2.48 bits per heavy atom. The van der Waals surface area contributed by atoms with E-state index in [4.69, 9.17) is 11.6 Å². The lowest BCUT2D eigenvalue weighted by Crippen LogP contribution is -2.05. The minimum absolute atomic E-state index is 0.0582. The van der Waals surface area contributed by atoms with Crippen LogP contribution in [-0.4, -0.2) is 9.55 Å². The number of hydrogen-bond donors (Lipinski definition) is 0. The molecule has 0 saturated carbocycles. The molecular weight excluding hydrogens is 362 g/mol. The maximum absolute atomic E-state index is 14.2. The lowest BCUT2D eigenvalue weighted by Gasteiger charge is -2.11. The highest BCUT2D eigenvalue weighted by molar-refractivity contribution is 9.10. The number of aromatic nitrogens is 2. The first-order chi connectivity index (χ1) is 10.0. The van der Waals surface area contributed by atoms with E-state index in [9.17, 15) is 8.78 Å². The standard InChI is InChI=1S/C15H10BrClF2N2/c1-8-2-3-13-12(4-8)20-14(7-17)21(13)15-10(18)5-9(16)6-11(15)19/h2-6H,7H2,1H3. The van der Waals surface area contributed by atoms with Crippen LogP contribution < -0.4 is 0 Å². The molecule has 0 aliphatic heterocycles. The van der Waals surface area contributed by atoms with Gasteiger partial charge in [-0.3, -0.25) is 4.57 Å². The van der Waals surface area contributed by atoms with Crippen LogP contribution in [0.15, 0.2) is 34.8 Å². The van der Waals surface area contributed by atoms with Crippen molar-refractivity contribution < 1.29 is 8.78 Å². The van der Waals surface area contributed by atoms with Gasteiger partial charge in [0.25, 0.3) is 0 Å². The van der Waals surface area contributed by atoms with Crippen LogP contribution in [0.25, 0.3) is 16.7 Å². The fourth-order valence-electron chi connectivity index (χ4n) is 2.33. The Balaban J connectivity index is 2.39. The molecule has 0 spiro atoms. The fourth-order valence-corrected chi connectivity index (χ4v) is 2.91. The molecule has 21 heavy (non-hydrogen) atoms. The molecule has 0 amide bonds. The highest BCUT2D eigenvalue weighted by atomic mass is 79.9. The second-order valence-electron chi connectivity index (χ2n) is 4.71. The Hall–Kier alpha value is -1.46. The third-order valence-corrected chi connectivity index (χ3v) is 3.90. The summed E-state index contributed by atoms with van der Waals surface area (Å²) >= 11 is 8.97. The molecule has 0 N–H and O–H groups in total. The summed E-state index contributed by atoms with van der Waals surface area (Å²) in [6.07, 6.45) is 0. The van der Waals surface area contributed by atoms with Gasteiger partial charge in [0.2, 0.25) is 0 Å². The van der Waals surface area contributed by atoms with Crippen LogP contribution in [0.5, 0.6) is 0 Å². The average molecular weight is 372 g/mol. The molecular formula is C15H10BrClF2N2. The number of rotatable bonds is 2. The maximum Gasteiger partial charge on any atom is 0.151 e. The lowest BCUT2D eigenvalue weighted by atomic mass is 10.2. The van der Waals surface area contributed by atoms with Gasteiger partial charge in [-0.2, -0.15) is 0 Å². The molecule has 0 aliphatic carbocycles. The zero-order valence-electron chi connectivity index (χ0n) is 11.0. The van der Waals surface area contributed by atoms with Gasteiger partial charge in [0.05, 0.1) is 16.9 Å². The van der Waals surface area contributed by atoms with Crippen molar-refractivity contribution in [3.63, 3.8) is 0 Å². The van der Waals surface area contributed by atoms with Crippen molar-refractivity contribution in [1.82, 2.24) is 9.55 Å². The van der Waals surface area contributed by atoms with Gasteiger partial charge >= 0.3 is 0 Å². The predicted octanol–water partition coefficient (Wildman–Crippen LogP) is 5.11. The molecule has 1 heterocycles. The Morgan fingerprint density at radius 2 is 1.86 bits per heavy atom. The van der Waals surface area contributed by atoms with Crippen LogP contribution >= 0.6 is 27.5 Å². The third kappa shape index (κ3) is 2.45. The van der Waals surface area contributed by atoms with Crippen LogP contribution in [0.4, 0.5) is 8.78 Å². The Kier molecular flexibility index (Phi) is 3.71. The topological polar surface area (TPSA) is 17.8 Å². The number of hydrogen-bond acceptors (Lipinski definition) is 1. The van der Waals surface area contributed by atoms with Crippen LogP contribution in [-0.2, 0) is 5.88 Å². The summed E-state index contributed by atoms with van der Waals surface area (Å²) in [4.78, 5) is 4.36. The smallest absolute Gasteiger partial charge is 0.151 e. The normalized spacial score (nSPS) is 11.3. The summed E-state index contributed by atoms with van der Waals surface area (Å²) in [5, 5.41) is 0. The van der Waals surface area contributed by atoms with E-state index in [1.165, 1.54) is 16.7 Å². The zero-order chi connectivity index (χ0) is 15.1. The number of nitrogens with zero attached hydrogens (tertiary/aromatic N) is 2. The van der Waals surface area contributed by atoms with Gasteiger partial charge in [0, 0.05) is 4.47 Å². The number of alkyl halides is 1. The predicted molar refractivity (Wildman–Crippen MR) is 83.0 cm³/mol. The molecule has 0 bridgehead atoms. The Labute approximate surface area is 133 Å². The number of halogens is 4. The molecule has 3 rings (SSSR count). The van der Waals surface area contributed by atoms with Crippen LogP contribution in [0.1, 0.15) is 11.4 Å². The van der Waals surface area contributed by atoms with E-state index in [0.717, 1.165) is 5.56 Å².